The van der Waals surface area contributed by atoms with E-state index >= 15 is 0 Å². The Morgan fingerprint density at radius 3 is 2.17 bits per heavy atom. The summed E-state index contributed by atoms with van der Waals surface area (Å²) in [7, 11) is 1.39. The van der Waals surface area contributed by atoms with Crippen molar-refractivity contribution in [1.82, 2.24) is 35.3 Å². The zero-order valence-corrected chi connectivity index (χ0v) is 35.9. The Hall–Kier alpha value is -5.82. The summed E-state index contributed by atoms with van der Waals surface area (Å²) in [4.78, 5) is 68.1. The summed E-state index contributed by atoms with van der Waals surface area (Å²) in [5, 5.41) is 28.4. The number of hydrogen-bond donors (Lipinski definition) is 4. The number of likely N-dealkylation sites (N-methyl/N-ethyl adjacent to an activating group) is 1. The molecule has 4 N–H and O–H groups in total. The molecule has 13 nitrogen and oxygen atoms in total. The number of nitrogens with one attached hydrogen (secondary N) is 2. The number of carboxylic acid groups (broad SMARTS) is 1. The molecule has 2 aromatic carbocycles. The maximum absolute atomic E-state index is 14.6. The Kier molecular flexibility index (Phi) is 15.4. The maximum Gasteiger partial charge on any atom is 0.407 e. The van der Waals surface area contributed by atoms with Crippen LogP contribution in [-0.2, 0) is 29.0 Å². The van der Waals surface area contributed by atoms with Crippen molar-refractivity contribution in [1.29, 1.82) is 0 Å². The second-order valence-electron chi connectivity index (χ2n) is 17.1. The van der Waals surface area contributed by atoms with E-state index in [2.05, 4.69) is 20.6 Å². The van der Waals surface area contributed by atoms with Crippen LogP contribution in [0, 0.1) is 18.3 Å². The number of aryl methyl sites for hydroxylation is 1. The Balaban J connectivity index is 1.42. The largest absolute Gasteiger partial charge is 0.465 e. The number of nitrogens with zero attached hydrogens (tertiary/aromatic N) is 5. The zero-order valence-electron chi connectivity index (χ0n) is 35.9. The molecule has 0 saturated carbocycles. The molecule has 0 bridgehead atoms. The van der Waals surface area contributed by atoms with E-state index in [1.165, 1.54) is 7.05 Å². The molecule has 5 rings (SSSR count). The van der Waals surface area contributed by atoms with E-state index in [0.717, 1.165) is 38.7 Å². The first-order valence-corrected chi connectivity index (χ1v) is 20.8. The number of aliphatic hydroxyl groups excluding tert-OH is 1. The first-order chi connectivity index (χ1) is 28.5. The lowest BCUT2D eigenvalue weighted by molar-refractivity contribution is -0.131. The molecule has 13 heteroatoms. The van der Waals surface area contributed by atoms with Crippen LogP contribution >= 0.6 is 0 Å². The van der Waals surface area contributed by atoms with Crippen molar-refractivity contribution in [3.05, 3.63) is 120 Å². The van der Waals surface area contributed by atoms with Gasteiger partial charge in [-0.1, -0.05) is 108 Å². The second-order valence-corrected chi connectivity index (χ2v) is 17.1. The summed E-state index contributed by atoms with van der Waals surface area (Å²) in [5.41, 5.74) is 4.46. The van der Waals surface area contributed by atoms with E-state index in [-0.39, 0.29) is 24.8 Å². The first kappa shape index (κ1) is 45.3. The van der Waals surface area contributed by atoms with Gasteiger partial charge in [0.25, 0.3) is 0 Å². The number of urea groups is 1. The lowest BCUT2D eigenvalue weighted by atomic mass is 9.84. The van der Waals surface area contributed by atoms with Crippen LogP contribution in [-0.4, -0.2) is 109 Å². The highest BCUT2D eigenvalue weighted by molar-refractivity contribution is 5.89. The summed E-state index contributed by atoms with van der Waals surface area (Å²) in [6, 6.07) is 25.2. The van der Waals surface area contributed by atoms with Gasteiger partial charge in [-0.15, -0.1) is 0 Å². The van der Waals surface area contributed by atoms with Gasteiger partial charge in [-0.05, 0) is 72.9 Å². The molecule has 2 aromatic heterocycles. The molecule has 1 fully saturated rings. The molecule has 1 aliphatic heterocycles. The fourth-order valence-corrected chi connectivity index (χ4v) is 8.01. The summed E-state index contributed by atoms with van der Waals surface area (Å²) in [6.07, 6.45) is 0.552. The van der Waals surface area contributed by atoms with Crippen LogP contribution in [0.2, 0.25) is 0 Å². The van der Waals surface area contributed by atoms with E-state index in [9.17, 15) is 29.4 Å². The summed E-state index contributed by atoms with van der Waals surface area (Å²) >= 11 is 0. The summed E-state index contributed by atoms with van der Waals surface area (Å²) < 4.78 is 0. The second kappa shape index (κ2) is 20.4. The molecule has 1 saturated heterocycles. The molecule has 0 spiro atoms. The van der Waals surface area contributed by atoms with Crippen molar-refractivity contribution in [2.24, 2.45) is 11.3 Å². The van der Waals surface area contributed by atoms with Crippen molar-refractivity contribution >= 4 is 23.9 Å². The molecule has 0 radical (unpaired) electrons. The molecule has 3 heterocycles. The summed E-state index contributed by atoms with van der Waals surface area (Å²) in [5.74, 6) is -1.14. The average Bonchev–Trinajstić information content (AvgIpc) is 3.55. The quantitative estimate of drug-likeness (QED) is 0.0903. The van der Waals surface area contributed by atoms with Crippen molar-refractivity contribution < 1.29 is 29.4 Å². The van der Waals surface area contributed by atoms with Crippen molar-refractivity contribution in [2.75, 3.05) is 20.1 Å². The topological polar surface area (TPSA) is 168 Å². The highest BCUT2D eigenvalue weighted by atomic mass is 16.4. The molecule has 5 amide bonds. The van der Waals surface area contributed by atoms with E-state index in [1.54, 1.807) is 16.0 Å². The van der Waals surface area contributed by atoms with Gasteiger partial charge in [0.2, 0.25) is 11.8 Å². The molecule has 6 atom stereocenters. The lowest BCUT2D eigenvalue weighted by Crippen LogP contribution is -2.59. The van der Waals surface area contributed by atoms with Crippen LogP contribution in [0.4, 0.5) is 9.59 Å². The highest BCUT2D eigenvalue weighted by Gasteiger charge is 2.44. The van der Waals surface area contributed by atoms with Gasteiger partial charge in [0.05, 0.1) is 30.1 Å². The number of benzene rings is 2. The maximum atomic E-state index is 14.6. The SMILES string of the molecule is CCC(C)[C@@H](C(=O)N[C@@H](Cc1ccc(-c2ccccn2)cc1)C[C@H](O)[C@H](Cc1ccccc1)NC(=O)[C@@H](N1CCN(Cc2cccc(C)n2)C1=O)C(C)(C)C)N(C)C(=O)O. The number of carbonyl (C=O) groups is 4. The molecule has 1 aliphatic rings. The standard InChI is InChI=1S/C47H61N7O6/c1-8-31(2)41(52(7)46(59)60)43(56)50-37(27-34-20-22-35(23-21-34)38-19-12-13-24-48-38)29-40(55)39(28-33-16-10-9-11-17-33)51-44(57)42(47(4,5)6)54-26-25-53(45(54)58)30-36-18-14-15-32(3)49-36/h9-24,31,37,39-42,55H,8,25-30H2,1-7H3,(H,50,56)(H,51,57)(H,59,60)/t31?,37-,39-,40-,41-,42+/m0/s1. The van der Waals surface area contributed by atoms with Crippen LogP contribution in [0.15, 0.2) is 97.2 Å². The third-order valence-electron chi connectivity index (χ3n) is 11.3. The van der Waals surface area contributed by atoms with Gasteiger partial charge in [0, 0.05) is 43.6 Å². The number of amides is 5. The van der Waals surface area contributed by atoms with Gasteiger partial charge in [0.15, 0.2) is 0 Å². The Labute approximate surface area is 354 Å². The predicted octanol–water partition coefficient (Wildman–Crippen LogP) is 6.33. The highest BCUT2D eigenvalue weighted by Crippen LogP contribution is 2.29. The number of aromatic nitrogens is 2. The minimum Gasteiger partial charge on any atom is -0.465 e. The fraction of sp³-hybridized carbons (Fsp3) is 0.447. The summed E-state index contributed by atoms with van der Waals surface area (Å²) in [6.45, 7) is 12.5. The van der Waals surface area contributed by atoms with Gasteiger partial charge < -0.3 is 30.6 Å². The average molecular weight is 820 g/mol. The molecule has 60 heavy (non-hydrogen) atoms. The normalized spacial score (nSPS) is 16.0. The van der Waals surface area contributed by atoms with Crippen molar-refractivity contribution in [2.45, 2.75) is 104 Å². The van der Waals surface area contributed by atoms with Crippen LogP contribution in [0.3, 0.4) is 0 Å². The number of hydrogen-bond acceptors (Lipinski definition) is 7. The van der Waals surface area contributed by atoms with E-state index in [4.69, 9.17) is 0 Å². The fourth-order valence-electron chi connectivity index (χ4n) is 8.01. The number of rotatable bonds is 18. The third kappa shape index (κ3) is 11.9. The van der Waals surface area contributed by atoms with E-state index in [1.807, 2.05) is 133 Å². The number of carbonyl (C=O) groups excluding carboxylic acids is 3. The smallest absolute Gasteiger partial charge is 0.407 e. The molecule has 1 unspecified atom stereocenters. The number of aliphatic hydroxyl groups is 1. The molecular weight excluding hydrogens is 759 g/mol. The minimum absolute atomic E-state index is 0.0373. The first-order valence-electron chi connectivity index (χ1n) is 20.8. The van der Waals surface area contributed by atoms with Gasteiger partial charge in [-0.25, -0.2) is 9.59 Å². The molecule has 320 valence electrons. The van der Waals surface area contributed by atoms with Crippen LogP contribution in [0.5, 0.6) is 0 Å². The zero-order chi connectivity index (χ0) is 43.6. The van der Waals surface area contributed by atoms with Crippen LogP contribution < -0.4 is 10.6 Å². The van der Waals surface area contributed by atoms with Crippen LogP contribution in [0.25, 0.3) is 11.3 Å². The van der Waals surface area contributed by atoms with E-state index in [0.29, 0.717) is 32.5 Å². The predicted molar refractivity (Wildman–Crippen MR) is 232 cm³/mol. The monoisotopic (exact) mass is 819 g/mol. The van der Waals surface area contributed by atoms with Crippen molar-refractivity contribution in [3.8, 4) is 11.3 Å². The van der Waals surface area contributed by atoms with Crippen LogP contribution in [0.1, 0.15) is 70.0 Å². The molecule has 4 aromatic rings. The van der Waals surface area contributed by atoms with Gasteiger partial charge in [0.1, 0.15) is 12.1 Å². The Bertz CT molecular complexity index is 2040. The Morgan fingerprint density at radius 2 is 1.55 bits per heavy atom. The number of pyridine rings is 2. The minimum atomic E-state index is -1.22. The van der Waals surface area contributed by atoms with E-state index < -0.39 is 53.6 Å². The van der Waals surface area contributed by atoms with Gasteiger partial charge in [-0.2, -0.15) is 0 Å². The van der Waals surface area contributed by atoms with Gasteiger partial charge in [-0.3, -0.25) is 24.5 Å². The molecular formula is C47H61N7O6. The Morgan fingerprint density at radius 1 is 0.867 bits per heavy atom. The lowest BCUT2D eigenvalue weighted by Gasteiger charge is -2.38. The van der Waals surface area contributed by atoms with Gasteiger partial charge >= 0.3 is 12.1 Å². The third-order valence-corrected chi connectivity index (χ3v) is 11.3. The van der Waals surface area contributed by atoms with Crippen molar-refractivity contribution in [3.63, 3.8) is 0 Å². The molecule has 0 aliphatic carbocycles.